The highest BCUT2D eigenvalue weighted by molar-refractivity contribution is 6.01. The molecular formula is C22H30N4O10. The first-order valence-electron chi connectivity index (χ1n) is 10.9. The molecule has 14 nitrogen and oxygen atoms in total. The van der Waals surface area contributed by atoms with Gasteiger partial charge in [0.15, 0.2) is 0 Å². The summed E-state index contributed by atoms with van der Waals surface area (Å²) in [7, 11) is 0. The van der Waals surface area contributed by atoms with E-state index in [2.05, 4.69) is 20.1 Å². The van der Waals surface area contributed by atoms with Gasteiger partial charge in [-0.25, -0.2) is 9.59 Å². The lowest BCUT2D eigenvalue weighted by atomic mass is 9.87. The lowest BCUT2D eigenvalue weighted by Gasteiger charge is -2.31. The average Bonchev–Trinajstić information content (AvgIpc) is 2.73. The summed E-state index contributed by atoms with van der Waals surface area (Å²) in [6, 6.07) is 1.84. The molecule has 0 saturated heterocycles. The second kappa shape index (κ2) is 12.0. The minimum absolute atomic E-state index is 0.143. The summed E-state index contributed by atoms with van der Waals surface area (Å²) in [4.78, 5) is 69.3. The number of carbonyl (C=O) groups excluding carboxylic acids is 4. The Balaban J connectivity index is 3.21. The Morgan fingerprint density at radius 3 is 1.42 bits per heavy atom. The summed E-state index contributed by atoms with van der Waals surface area (Å²) >= 11 is 0. The summed E-state index contributed by atoms with van der Waals surface area (Å²) in [6.07, 6.45) is 0. The minimum Gasteiger partial charge on any atom is -0.460 e. The van der Waals surface area contributed by atoms with E-state index in [4.69, 9.17) is 0 Å². The van der Waals surface area contributed by atoms with Crippen molar-refractivity contribution in [2.75, 3.05) is 13.2 Å². The number of esters is 2. The van der Waals surface area contributed by atoms with Gasteiger partial charge in [-0.3, -0.25) is 29.8 Å². The highest BCUT2D eigenvalue weighted by Gasteiger charge is 2.43. The van der Waals surface area contributed by atoms with Gasteiger partial charge in [-0.05, 0) is 52.7 Å². The number of hydrogen-bond acceptors (Lipinski definition) is 10. The molecule has 0 aliphatic heterocycles. The van der Waals surface area contributed by atoms with Gasteiger partial charge in [0.05, 0.1) is 24.3 Å². The Kier molecular flexibility index (Phi) is 10.0. The monoisotopic (exact) mass is 510 g/mol. The molecule has 2 atom stereocenters. The Morgan fingerprint density at radius 2 is 1.14 bits per heavy atom. The van der Waals surface area contributed by atoms with Crippen molar-refractivity contribution in [3.05, 3.63) is 55.6 Å². The number of ether oxygens (including phenoxy) is 2. The highest BCUT2D eigenvalue weighted by atomic mass is 16.6. The molecule has 198 valence electrons. The van der Waals surface area contributed by atoms with Gasteiger partial charge < -0.3 is 20.1 Å². The van der Waals surface area contributed by atoms with Crippen LogP contribution in [-0.4, -0.2) is 58.9 Å². The smallest absolute Gasteiger partial charge is 0.392 e. The molecule has 0 spiro atoms. The summed E-state index contributed by atoms with van der Waals surface area (Å²) in [5.74, 6) is -4.94. The second-order valence-corrected chi connectivity index (χ2v) is 8.69. The fourth-order valence-electron chi connectivity index (χ4n) is 3.21. The molecule has 0 fully saturated rings. The molecular weight excluding hydrogens is 480 g/mol. The maximum atomic E-state index is 12.6. The molecule has 2 amide bonds. The second-order valence-electron chi connectivity index (χ2n) is 8.69. The van der Waals surface area contributed by atoms with Crippen LogP contribution in [0.2, 0.25) is 0 Å². The Morgan fingerprint density at radius 1 is 0.806 bits per heavy atom. The molecule has 0 aliphatic carbocycles. The zero-order valence-corrected chi connectivity index (χ0v) is 20.9. The summed E-state index contributed by atoms with van der Waals surface area (Å²) < 4.78 is 9.23. The number of hydrogen-bond donors (Lipinski definition) is 2. The molecule has 1 aromatic carbocycles. The number of nitrogens with zero attached hydrogens (tertiary/aromatic N) is 2. The van der Waals surface area contributed by atoms with Crippen molar-refractivity contribution in [2.45, 2.75) is 64.7 Å². The average molecular weight is 511 g/mol. The third-order valence-electron chi connectivity index (χ3n) is 5.12. The van der Waals surface area contributed by atoms with E-state index in [9.17, 15) is 39.4 Å². The van der Waals surface area contributed by atoms with Crippen molar-refractivity contribution >= 4 is 23.8 Å². The van der Waals surface area contributed by atoms with Crippen LogP contribution in [0, 0.1) is 20.2 Å². The summed E-state index contributed by atoms with van der Waals surface area (Å²) in [6.45, 7) is 8.78. The first-order valence-corrected chi connectivity index (χ1v) is 10.9. The van der Waals surface area contributed by atoms with Crippen LogP contribution in [0.15, 0.2) is 24.3 Å². The van der Waals surface area contributed by atoms with E-state index in [1.54, 1.807) is 52.0 Å². The molecule has 0 radical (unpaired) electrons. The Bertz CT molecular complexity index is 960. The predicted octanol–water partition coefficient (Wildman–Crippen LogP) is 0.806. The molecule has 0 aromatic heterocycles. The third-order valence-corrected chi connectivity index (χ3v) is 5.12. The number of nitrogens with one attached hydrogen (secondary N) is 2. The van der Waals surface area contributed by atoms with Crippen LogP contribution in [0.5, 0.6) is 0 Å². The van der Waals surface area contributed by atoms with E-state index in [1.807, 2.05) is 0 Å². The van der Waals surface area contributed by atoms with Gasteiger partial charge in [0.2, 0.25) is 0 Å². The van der Waals surface area contributed by atoms with Crippen molar-refractivity contribution in [3.8, 4) is 0 Å². The molecule has 1 aromatic rings. The lowest BCUT2D eigenvalue weighted by Crippen LogP contribution is -2.52. The highest BCUT2D eigenvalue weighted by Crippen LogP contribution is 2.27. The normalized spacial score (nSPS) is 13.1. The van der Waals surface area contributed by atoms with E-state index >= 15 is 0 Å². The molecule has 1 rings (SSSR count). The van der Waals surface area contributed by atoms with Crippen LogP contribution < -0.4 is 10.6 Å². The van der Waals surface area contributed by atoms with Gasteiger partial charge in [0, 0.05) is 9.85 Å². The Labute approximate surface area is 207 Å². The lowest BCUT2D eigenvalue weighted by molar-refractivity contribution is -0.496. The standard InChI is InChI=1S/C22H30N4O10/c1-7-35-19(29)15(25(31)32)17(27)23-21(3,4)13-10-9-11-14(12-13)22(5,6)24-18(28)16(26(33)34)20(30)36-8-2/h9-12,15-16H,7-8H2,1-6H3,(H,23,27)(H,24,28). The molecule has 14 heteroatoms. The van der Waals surface area contributed by atoms with Crippen molar-refractivity contribution in [1.82, 2.24) is 10.6 Å². The van der Waals surface area contributed by atoms with Crippen LogP contribution in [0.1, 0.15) is 52.7 Å². The molecule has 0 heterocycles. The predicted molar refractivity (Wildman–Crippen MR) is 124 cm³/mol. The van der Waals surface area contributed by atoms with Crippen LogP contribution in [0.25, 0.3) is 0 Å². The first kappa shape index (κ1) is 29.9. The molecule has 2 unspecified atom stereocenters. The maximum Gasteiger partial charge on any atom is 0.392 e. The Hall–Kier alpha value is -4.10. The molecule has 0 saturated carbocycles. The van der Waals surface area contributed by atoms with Gasteiger partial charge >= 0.3 is 35.8 Å². The van der Waals surface area contributed by atoms with Crippen molar-refractivity contribution in [2.24, 2.45) is 0 Å². The summed E-state index contributed by atoms with van der Waals surface area (Å²) in [5.41, 5.74) is -1.56. The van der Waals surface area contributed by atoms with E-state index in [0.717, 1.165) is 0 Å². The first-order chi connectivity index (χ1) is 16.6. The molecule has 0 aliphatic rings. The van der Waals surface area contributed by atoms with Gasteiger partial charge in [-0.2, -0.15) is 0 Å². The zero-order chi connectivity index (χ0) is 27.8. The third kappa shape index (κ3) is 7.45. The van der Waals surface area contributed by atoms with Gasteiger partial charge in [-0.15, -0.1) is 0 Å². The largest absolute Gasteiger partial charge is 0.460 e. The van der Waals surface area contributed by atoms with Crippen molar-refractivity contribution in [1.29, 1.82) is 0 Å². The quantitative estimate of drug-likeness (QED) is 0.176. The zero-order valence-electron chi connectivity index (χ0n) is 20.9. The van der Waals surface area contributed by atoms with Crippen LogP contribution in [0.4, 0.5) is 0 Å². The summed E-state index contributed by atoms with van der Waals surface area (Å²) in [5, 5.41) is 27.5. The number of amides is 2. The number of nitro groups is 2. The maximum absolute atomic E-state index is 12.6. The molecule has 0 bridgehead atoms. The number of carbonyl (C=O) groups is 4. The van der Waals surface area contributed by atoms with E-state index < -0.39 is 56.8 Å². The van der Waals surface area contributed by atoms with Crippen LogP contribution >= 0.6 is 0 Å². The SMILES string of the molecule is CCOC(=O)C(C(=O)NC(C)(C)c1cccc(C(C)(C)NC(=O)C(C(=O)OCC)[N+](=O)[O-])c1)[N+](=O)[O-]. The van der Waals surface area contributed by atoms with Crippen LogP contribution in [0.3, 0.4) is 0 Å². The van der Waals surface area contributed by atoms with Crippen LogP contribution in [-0.2, 0) is 39.7 Å². The fourth-order valence-corrected chi connectivity index (χ4v) is 3.21. The number of benzene rings is 1. The molecule has 2 N–H and O–H groups in total. The molecule has 36 heavy (non-hydrogen) atoms. The van der Waals surface area contributed by atoms with Crippen molar-refractivity contribution < 1.29 is 38.5 Å². The van der Waals surface area contributed by atoms with Gasteiger partial charge in [0.1, 0.15) is 0 Å². The fraction of sp³-hybridized carbons (Fsp3) is 0.545. The minimum atomic E-state index is -2.26. The van der Waals surface area contributed by atoms with E-state index in [-0.39, 0.29) is 13.2 Å². The topological polar surface area (TPSA) is 197 Å². The van der Waals surface area contributed by atoms with E-state index in [0.29, 0.717) is 11.1 Å². The van der Waals surface area contributed by atoms with E-state index in [1.165, 1.54) is 13.8 Å². The van der Waals surface area contributed by atoms with Gasteiger partial charge in [-0.1, -0.05) is 24.3 Å². The van der Waals surface area contributed by atoms with Gasteiger partial charge in [0.25, 0.3) is 0 Å². The number of rotatable bonds is 12. The van der Waals surface area contributed by atoms with Crippen molar-refractivity contribution in [3.63, 3.8) is 0 Å².